The fourth-order valence-corrected chi connectivity index (χ4v) is 4.57. The van der Waals surface area contributed by atoms with Gasteiger partial charge in [0.05, 0.1) is 6.04 Å². The van der Waals surface area contributed by atoms with Crippen LogP contribution < -0.4 is 15.4 Å². The minimum Gasteiger partial charge on any atom is -0.487 e. The summed E-state index contributed by atoms with van der Waals surface area (Å²) in [6.45, 7) is 9.03. The van der Waals surface area contributed by atoms with E-state index in [-0.39, 0.29) is 11.6 Å². The largest absolute Gasteiger partial charge is 0.487 e. The first-order valence-corrected chi connectivity index (χ1v) is 11.8. The lowest BCUT2D eigenvalue weighted by atomic mass is 9.90. The van der Waals surface area contributed by atoms with Crippen LogP contribution in [0.1, 0.15) is 76.1 Å². The summed E-state index contributed by atoms with van der Waals surface area (Å²) in [5.74, 6) is 4.09. The summed E-state index contributed by atoms with van der Waals surface area (Å²) >= 11 is 0. The maximum atomic E-state index is 6.17. The normalized spacial score (nSPS) is 20.2. The Bertz CT molecular complexity index is 903. The number of aryl methyl sites for hydroxylation is 2. The molecule has 0 bridgehead atoms. The molecule has 4 rings (SSSR count). The van der Waals surface area contributed by atoms with Gasteiger partial charge in [0.1, 0.15) is 23.0 Å². The van der Waals surface area contributed by atoms with Crippen molar-refractivity contribution in [3.8, 4) is 5.75 Å². The smallest absolute Gasteiger partial charge is 0.191 e. The zero-order valence-electron chi connectivity index (χ0n) is 19.2. The minimum absolute atomic E-state index is 0.171. The standard InChI is InChI=1S/C24H36N6O/c1-4-25-23(27-19-17-24(2,3)31-20-12-8-7-11-18(19)20)26-15-10-14-22-29-28-21-13-6-5-9-16-30(21)22/h7-8,11-12,19H,4-6,9-10,13-17H2,1-3H3,(H2,25,26,27). The van der Waals surface area contributed by atoms with Gasteiger partial charge in [-0.2, -0.15) is 0 Å². The summed E-state index contributed by atoms with van der Waals surface area (Å²) in [7, 11) is 0. The predicted octanol–water partition coefficient (Wildman–Crippen LogP) is 3.79. The van der Waals surface area contributed by atoms with E-state index < -0.39 is 0 Å². The second-order valence-electron chi connectivity index (χ2n) is 9.16. The summed E-state index contributed by atoms with van der Waals surface area (Å²) in [4.78, 5) is 4.85. The quantitative estimate of drug-likeness (QED) is 0.419. The van der Waals surface area contributed by atoms with Gasteiger partial charge < -0.3 is 19.9 Å². The van der Waals surface area contributed by atoms with Crippen molar-refractivity contribution in [2.24, 2.45) is 4.99 Å². The maximum absolute atomic E-state index is 6.17. The number of fused-ring (bicyclic) bond motifs is 2. The van der Waals surface area contributed by atoms with E-state index in [4.69, 9.17) is 9.73 Å². The molecule has 2 N–H and O–H groups in total. The zero-order valence-corrected chi connectivity index (χ0v) is 19.2. The summed E-state index contributed by atoms with van der Waals surface area (Å²) in [5, 5.41) is 15.9. The number of guanidine groups is 1. The fourth-order valence-electron chi connectivity index (χ4n) is 4.57. The number of aliphatic imine (C=N–C) groups is 1. The molecule has 0 saturated carbocycles. The third-order valence-corrected chi connectivity index (χ3v) is 6.05. The molecular formula is C24H36N6O. The van der Waals surface area contributed by atoms with Gasteiger partial charge in [-0.3, -0.25) is 4.99 Å². The monoisotopic (exact) mass is 424 g/mol. The van der Waals surface area contributed by atoms with Gasteiger partial charge in [0.2, 0.25) is 0 Å². The number of rotatable bonds is 6. The van der Waals surface area contributed by atoms with Gasteiger partial charge in [0, 0.05) is 44.5 Å². The van der Waals surface area contributed by atoms with Crippen LogP contribution in [0.25, 0.3) is 0 Å². The van der Waals surface area contributed by atoms with Crippen LogP contribution in [0.2, 0.25) is 0 Å². The summed E-state index contributed by atoms with van der Waals surface area (Å²) in [5.41, 5.74) is 0.980. The Morgan fingerprint density at radius 1 is 1.23 bits per heavy atom. The third-order valence-electron chi connectivity index (χ3n) is 6.05. The molecule has 168 valence electrons. The van der Waals surface area contributed by atoms with Gasteiger partial charge in [-0.05, 0) is 46.1 Å². The molecule has 0 radical (unpaired) electrons. The SMILES string of the molecule is CCNC(=NCCCc1nnc2n1CCCCC2)NC1CC(C)(C)Oc2ccccc21. The molecule has 0 saturated heterocycles. The van der Waals surface area contributed by atoms with E-state index >= 15 is 0 Å². The first-order chi connectivity index (χ1) is 15.1. The van der Waals surface area contributed by atoms with Crippen molar-refractivity contribution >= 4 is 5.96 Å². The average molecular weight is 425 g/mol. The first-order valence-electron chi connectivity index (χ1n) is 11.8. The molecule has 7 nitrogen and oxygen atoms in total. The van der Waals surface area contributed by atoms with Crippen LogP contribution in [0.3, 0.4) is 0 Å². The average Bonchev–Trinajstić information content (AvgIpc) is 2.96. The van der Waals surface area contributed by atoms with Crippen molar-refractivity contribution in [2.75, 3.05) is 13.1 Å². The van der Waals surface area contributed by atoms with Gasteiger partial charge in [-0.15, -0.1) is 10.2 Å². The van der Waals surface area contributed by atoms with Crippen molar-refractivity contribution in [1.82, 2.24) is 25.4 Å². The number of nitrogens with one attached hydrogen (secondary N) is 2. The van der Waals surface area contributed by atoms with E-state index in [1.165, 1.54) is 24.8 Å². The molecule has 1 unspecified atom stereocenters. The van der Waals surface area contributed by atoms with Crippen molar-refractivity contribution in [1.29, 1.82) is 0 Å². The Morgan fingerprint density at radius 2 is 2.10 bits per heavy atom. The van der Waals surface area contributed by atoms with Crippen LogP contribution in [0.4, 0.5) is 0 Å². The van der Waals surface area contributed by atoms with Crippen molar-refractivity contribution in [3.63, 3.8) is 0 Å². The van der Waals surface area contributed by atoms with Crippen molar-refractivity contribution in [3.05, 3.63) is 41.5 Å². The number of aromatic nitrogens is 3. The number of hydrogen-bond donors (Lipinski definition) is 2. The van der Waals surface area contributed by atoms with Gasteiger partial charge in [-0.25, -0.2) is 0 Å². The van der Waals surface area contributed by atoms with E-state index in [0.29, 0.717) is 0 Å². The zero-order chi connectivity index (χ0) is 21.7. The van der Waals surface area contributed by atoms with Crippen LogP contribution in [-0.2, 0) is 19.4 Å². The molecule has 7 heteroatoms. The summed E-state index contributed by atoms with van der Waals surface area (Å²) in [6.07, 6.45) is 7.58. The van der Waals surface area contributed by atoms with E-state index in [0.717, 1.165) is 68.7 Å². The molecule has 1 atom stereocenters. The highest BCUT2D eigenvalue weighted by molar-refractivity contribution is 5.80. The topological polar surface area (TPSA) is 76.4 Å². The van der Waals surface area contributed by atoms with Gasteiger partial charge in [0.15, 0.2) is 5.96 Å². The number of hydrogen-bond acceptors (Lipinski definition) is 4. The Balaban J connectivity index is 1.38. The van der Waals surface area contributed by atoms with Crippen LogP contribution >= 0.6 is 0 Å². The predicted molar refractivity (Wildman–Crippen MR) is 124 cm³/mol. The highest BCUT2D eigenvalue weighted by Gasteiger charge is 2.33. The van der Waals surface area contributed by atoms with Crippen LogP contribution in [-0.4, -0.2) is 39.4 Å². The summed E-state index contributed by atoms with van der Waals surface area (Å²) < 4.78 is 8.50. The van der Waals surface area contributed by atoms with Crippen LogP contribution in [0.5, 0.6) is 5.75 Å². The highest BCUT2D eigenvalue weighted by atomic mass is 16.5. The highest BCUT2D eigenvalue weighted by Crippen LogP contribution is 2.39. The number of ether oxygens (including phenoxy) is 1. The molecule has 0 aliphatic carbocycles. The number of para-hydroxylation sites is 1. The van der Waals surface area contributed by atoms with Gasteiger partial charge in [-0.1, -0.05) is 24.6 Å². The Labute approximate surface area is 185 Å². The molecule has 1 aromatic heterocycles. The van der Waals surface area contributed by atoms with Gasteiger partial charge >= 0.3 is 0 Å². The molecule has 3 heterocycles. The third kappa shape index (κ3) is 5.38. The molecule has 1 aromatic carbocycles. The summed E-state index contributed by atoms with van der Waals surface area (Å²) in [6, 6.07) is 8.46. The van der Waals surface area contributed by atoms with Crippen molar-refractivity contribution < 1.29 is 4.74 Å². The molecule has 31 heavy (non-hydrogen) atoms. The molecule has 0 fully saturated rings. The molecule has 0 spiro atoms. The number of nitrogens with zero attached hydrogens (tertiary/aromatic N) is 4. The number of benzene rings is 1. The van der Waals surface area contributed by atoms with Crippen LogP contribution in [0, 0.1) is 0 Å². The lowest BCUT2D eigenvalue weighted by Gasteiger charge is -2.38. The second kappa shape index (κ2) is 9.71. The Hall–Kier alpha value is -2.57. The fraction of sp³-hybridized carbons (Fsp3) is 0.625. The van der Waals surface area contributed by atoms with E-state index in [1.54, 1.807) is 0 Å². The van der Waals surface area contributed by atoms with E-state index in [9.17, 15) is 0 Å². The lowest BCUT2D eigenvalue weighted by molar-refractivity contribution is 0.0694. The lowest BCUT2D eigenvalue weighted by Crippen LogP contribution is -2.45. The molecule has 2 aliphatic heterocycles. The molecular weight excluding hydrogens is 388 g/mol. The van der Waals surface area contributed by atoms with E-state index in [2.05, 4.69) is 64.4 Å². The second-order valence-corrected chi connectivity index (χ2v) is 9.16. The van der Waals surface area contributed by atoms with E-state index in [1.807, 2.05) is 6.07 Å². The molecule has 0 amide bonds. The maximum Gasteiger partial charge on any atom is 0.191 e. The minimum atomic E-state index is -0.213. The molecule has 2 aromatic rings. The molecule has 2 aliphatic rings. The Morgan fingerprint density at radius 3 is 2.97 bits per heavy atom. The van der Waals surface area contributed by atoms with Crippen molar-refractivity contribution in [2.45, 2.75) is 83.9 Å². The van der Waals surface area contributed by atoms with Gasteiger partial charge in [0.25, 0.3) is 0 Å². The van der Waals surface area contributed by atoms with Crippen LogP contribution in [0.15, 0.2) is 29.3 Å². The first kappa shape index (κ1) is 21.7. The Kier molecular flexibility index (Phi) is 6.78.